The Balaban J connectivity index is 1.46. The highest BCUT2D eigenvalue weighted by Crippen LogP contribution is 2.36. The van der Waals surface area contributed by atoms with E-state index in [0.717, 1.165) is 34.0 Å². The summed E-state index contributed by atoms with van der Waals surface area (Å²) in [5, 5.41) is 6.72. The fraction of sp³-hybridized carbons (Fsp3) is 0.0513. The molecule has 0 aromatic heterocycles. The van der Waals surface area contributed by atoms with Gasteiger partial charge in [0.05, 0.1) is 17.6 Å². The van der Waals surface area contributed by atoms with Crippen LogP contribution in [0.4, 0.5) is 28.4 Å². The van der Waals surface area contributed by atoms with E-state index in [1.165, 1.54) is 13.8 Å². The molecule has 0 saturated carbocycles. The minimum Gasteiger partial charge on any atom is -0.427 e. The van der Waals surface area contributed by atoms with Crippen LogP contribution in [0.3, 0.4) is 0 Å². The number of ether oxygens (including phenoxy) is 2. The third-order valence-corrected chi connectivity index (χ3v) is 6.90. The van der Waals surface area contributed by atoms with E-state index >= 15 is 0 Å². The van der Waals surface area contributed by atoms with E-state index in [9.17, 15) is 9.59 Å². The molecule has 0 saturated heterocycles. The smallest absolute Gasteiger partial charge is 0.308 e. The number of esters is 2. The van der Waals surface area contributed by atoms with Crippen molar-refractivity contribution in [3.05, 3.63) is 163 Å². The summed E-state index contributed by atoms with van der Waals surface area (Å²) in [5.41, 5.74) is 6.85. The maximum Gasteiger partial charge on any atom is 0.308 e. The summed E-state index contributed by atoms with van der Waals surface area (Å²) in [6.07, 6.45) is 1.83. The molecule has 5 aromatic carbocycles. The maximum absolute atomic E-state index is 11.4. The first kappa shape index (κ1) is 31.2. The summed E-state index contributed by atoms with van der Waals surface area (Å²) < 4.78 is 10.3. The van der Waals surface area contributed by atoms with Crippen molar-refractivity contribution < 1.29 is 19.1 Å². The average molecular weight is 608 g/mol. The lowest BCUT2D eigenvalue weighted by Crippen LogP contribution is -2.11. The molecule has 0 N–H and O–H groups in total. The standard InChI is InChI=1S/C39H33N3O4/c1-28(45-30(3)43)33-17-23-36(24-18-33)41(37-25-19-34(20-26-37)29(2)46-31(4)44)35-21-15-32(16-22-35)27-40-42(38-11-7-5-8-12-38)39-13-9-6-10-14-39/h5-27H,1-2H2,3-4H3. The Morgan fingerprint density at radius 2 is 0.913 bits per heavy atom. The molecule has 0 heterocycles. The number of para-hydroxylation sites is 2. The van der Waals surface area contributed by atoms with Crippen LogP contribution in [0.2, 0.25) is 0 Å². The van der Waals surface area contributed by atoms with E-state index in [2.05, 4.69) is 18.1 Å². The molecule has 0 fully saturated rings. The van der Waals surface area contributed by atoms with Crippen LogP contribution in [-0.2, 0) is 19.1 Å². The number of hydrogen-bond acceptors (Lipinski definition) is 7. The number of carbonyl (C=O) groups is 2. The third kappa shape index (κ3) is 7.84. The van der Waals surface area contributed by atoms with E-state index in [-0.39, 0.29) is 11.5 Å². The highest BCUT2D eigenvalue weighted by atomic mass is 16.5. The molecule has 0 unspecified atom stereocenters. The van der Waals surface area contributed by atoms with E-state index in [0.29, 0.717) is 11.1 Å². The van der Waals surface area contributed by atoms with Gasteiger partial charge in [0.2, 0.25) is 0 Å². The van der Waals surface area contributed by atoms with Gasteiger partial charge in [-0.25, -0.2) is 5.01 Å². The fourth-order valence-corrected chi connectivity index (χ4v) is 4.76. The molecule has 46 heavy (non-hydrogen) atoms. The fourth-order valence-electron chi connectivity index (χ4n) is 4.76. The normalized spacial score (nSPS) is 10.7. The Morgan fingerprint density at radius 3 is 1.28 bits per heavy atom. The number of carbonyl (C=O) groups excluding carboxylic acids is 2. The maximum atomic E-state index is 11.4. The van der Waals surface area contributed by atoms with Crippen molar-refractivity contribution in [1.82, 2.24) is 0 Å². The van der Waals surface area contributed by atoms with Crippen molar-refractivity contribution in [3.8, 4) is 0 Å². The minimum absolute atomic E-state index is 0.280. The lowest BCUT2D eigenvalue weighted by Gasteiger charge is -2.26. The van der Waals surface area contributed by atoms with Crippen molar-refractivity contribution in [3.63, 3.8) is 0 Å². The third-order valence-electron chi connectivity index (χ3n) is 6.90. The van der Waals surface area contributed by atoms with Crippen molar-refractivity contribution in [2.75, 3.05) is 9.91 Å². The Kier molecular flexibility index (Phi) is 9.85. The molecule has 0 amide bonds. The lowest BCUT2D eigenvalue weighted by atomic mass is 10.1. The van der Waals surface area contributed by atoms with Crippen molar-refractivity contribution >= 4 is 58.1 Å². The van der Waals surface area contributed by atoms with E-state index in [1.807, 2.05) is 145 Å². The van der Waals surface area contributed by atoms with Crippen LogP contribution in [-0.4, -0.2) is 18.2 Å². The lowest BCUT2D eigenvalue weighted by molar-refractivity contribution is -0.135. The van der Waals surface area contributed by atoms with Crippen LogP contribution < -0.4 is 9.91 Å². The van der Waals surface area contributed by atoms with Crippen molar-refractivity contribution in [1.29, 1.82) is 0 Å². The molecule has 5 aromatic rings. The summed E-state index contributed by atoms with van der Waals surface area (Å²) in [6.45, 7) is 10.4. The average Bonchev–Trinajstić information content (AvgIpc) is 3.06. The molecule has 0 atom stereocenters. The highest BCUT2D eigenvalue weighted by Gasteiger charge is 2.15. The van der Waals surface area contributed by atoms with Crippen LogP contribution >= 0.6 is 0 Å². The molecule has 0 spiro atoms. The molecule has 7 heteroatoms. The first-order valence-corrected chi connectivity index (χ1v) is 14.6. The van der Waals surface area contributed by atoms with Crippen LogP contribution in [0.5, 0.6) is 0 Å². The van der Waals surface area contributed by atoms with Gasteiger partial charge in [-0.3, -0.25) is 9.59 Å². The molecule has 5 rings (SSSR count). The number of hydrogen-bond donors (Lipinski definition) is 0. The van der Waals surface area contributed by atoms with Crippen LogP contribution in [0, 0.1) is 0 Å². The number of nitrogens with zero attached hydrogens (tertiary/aromatic N) is 3. The topological polar surface area (TPSA) is 71.4 Å². The molecule has 7 nitrogen and oxygen atoms in total. The Labute approximate surface area is 269 Å². The second-order valence-electron chi connectivity index (χ2n) is 10.3. The molecule has 0 aliphatic carbocycles. The first-order valence-electron chi connectivity index (χ1n) is 14.6. The van der Waals surface area contributed by atoms with Gasteiger partial charge in [0.15, 0.2) is 0 Å². The number of hydrazone groups is 1. The van der Waals surface area contributed by atoms with Gasteiger partial charge in [-0.2, -0.15) is 5.10 Å². The van der Waals surface area contributed by atoms with Gasteiger partial charge < -0.3 is 14.4 Å². The largest absolute Gasteiger partial charge is 0.427 e. The minimum atomic E-state index is -0.426. The predicted molar refractivity (Wildman–Crippen MR) is 185 cm³/mol. The van der Waals surface area contributed by atoms with E-state index < -0.39 is 11.9 Å². The number of rotatable bonds is 11. The van der Waals surface area contributed by atoms with Crippen LogP contribution in [0.15, 0.2) is 152 Å². The van der Waals surface area contributed by atoms with Gasteiger partial charge in [0.25, 0.3) is 0 Å². The second-order valence-corrected chi connectivity index (χ2v) is 10.3. The van der Waals surface area contributed by atoms with Gasteiger partial charge >= 0.3 is 11.9 Å². The highest BCUT2D eigenvalue weighted by molar-refractivity contribution is 5.85. The molecule has 0 aliphatic rings. The molecule has 0 radical (unpaired) electrons. The molecule has 228 valence electrons. The SMILES string of the molecule is C=C(OC(C)=O)c1ccc(N(c2ccc(C=NN(c3ccccc3)c3ccccc3)cc2)c2ccc(C(=C)OC(C)=O)cc2)cc1. The van der Waals surface area contributed by atoms with Gasteiger partial charge in [-0.1, -0.05) is 61.7 Å². The molecular formula is C39H33N3O4. The summed E-state index contributed by atoms with van der Waals surface area (Å²) in [5.74, 6) is -0.291. The number of benzene rings is 5. The van der Waals surface area contributed by atoms with Gasteiger partial charge in [0.1, 0.15) is 11.5 Å². The summed E-state index contributed by atoms with van der Waals surface area (Å²) in [4.78, 5) is 24.9. The zero-order valence-corrected chi connectivity index (χ0v) is 25.7. The summed E-state index contributed by atoms with van der Waals surface area (Å²) >= 11 is 0. The quantitative estimate of drug-likeness (QED) is 0.0645. The van der Waals surface area contributed by atoms with Crippen LogP contribution in [0.1, 0.15) is 30.5 Å². The molecule has 0 bridgehead atoms. The first-order chi connectivity index (χ1) is 22.3. The molecule has 0 aliphatic heterocycles. The Morgan fingerprint density at radius 1 is 0.543 bits per heavy atom. The zero-order chi connectivity index (χ0) is 32.5. The Bertz CT molecular complexity index is 1740. The zero-order valence-electron chi connectivity index (χ0n) is 25.7. The van der Waals surface area contributed by atoms with Crippen LogP contribution in [0.25, 0.3) is 11.5 Å². The van der Waals surface area contributed by atoms with Crippen molar-refractivity contribution in [2.24, 2.45) is 5.10 Å². The molecular weight excluding hydrogens is 574 g/mol. The predicted octanol–water partition coefficient (Wildman–Crippen LogP) is 9.40. The summed E-state index contributed by atoms with van der Waals surface area (Å²) in [7, 11) is 0. The number of anilines is 5. The second kappa shape index (κ2) is 14.5. The van der Waals surface area contributed by atoms with Gasteiger partial charge in [-0.15, -0.1) is 0 Å². The monoisotopic (exact) mass is 607 g/mol. The van der Waals surface area contributed by atoms with Gasteiger partial charge in [0, 0.05) is 42.0 Å². The van der Waals surface area contributed by atoms with Gasteiger partial charge in [-0.05, 0) is 90.5 Å². The Hall–Kier alpha value is -6.21. The van der Waals surface area contributed by atoms with E-state index in [4.69, 9.17) is 14.6 Å². The van der Waals surface area contributed by atoms with Crippen molar-refractivity contribution in [2.45, 2.75) is 13.8 Å². The van der Waals surface area contributed by atoms with E-state index in [1.54, 1.807) is 0 Å². The summed E-state index contributed by atoms with van der Waals surface area (Å²) in [6, 6.07) is 43.2.